The van der Waals surface area contributed by atoms with Crippen molar-refractivity contribution in [1.82, 2.24) is 5.32 Å². The van der Waals surface area contributed by atoms with Crippen LogP contribution >= 0.6 is 0 Å². The van der Waals surface area contributed by atoms with Gasteiger partial charge < -0.3 is 5.32 Å². The monoisotopic (exact) mass is 175 g/mol. The zero-order chi connectivity index (χ0) is 9.82. The van der Waals surface area contributed by atoms with Crippen LogP contribution in [0.5, 0.6) is 0 Å². The van der Waals surface area contributed by atoms with E-state index in [1.807, 2.05) is 0 Å². The maximum atomic E-state index is 4.00. The summed E-state index contributed by atoms with van der Waals surface area (Å²) >= 11 is 0. The van der Waals surface area contributed by atoms with E-state index in [1.54, 1.807) is 0 Å². The molecule has 3 nitrogen and oxygen atoms in total. The maximum Gasteiger partial charge on any atom is 0.00618 e. The molecule has 0 aliphatic rings. The Morgan fingerprint density at radius 3 is 1.92 bits per heavy atom. The van der Waals surface area contributed by atoms with E-state index >= 15 is 0 Å². The second-order valence-corrected chi connectivity index (χ2v) is 2.82. The van der Waals surface area contributed by atoms with Crippen molar-refractivity contribution in [1.29, 1.82) is 0 Å². The van der Waals surface area contributed by atoms with Crippen LogP contribution in [0.15, 0.2) is 0 Å². The van der Waals surface area contributed by atoms with Gasteiger partial charge in [0, 0.05) is 6.04 Å². The van der Waals surface area contributed by atoms with Crippen molar-refractivity contribution in [2.75, 3.05) is 6.54 Å². The first-order valence-corrected chi connectivity index (χ1v) is 4.91. The first kappa shape index (κ1) is 14.4. The van der Waals surface area contributed by atoms with E-state index in [1.165, 1.54) is 32.2 Å². The number of nitrogens with one attached hydrogen (secondary N) is 1. The normalized spacial score (nSPS) is 9.50. The number of nitrogens with two attached hydrogens (primary N) is 2. The molecule has 12 heavy (non-hydrogen) atoms. The molecule has 5 N–H and O–H groups in total. The van der Waals surface area contributed by atoms with Gasteiger partial charge in [0.2, 0.25) is 0 Å². The van der Waals surface area contributed by atoms with E-state index in [-0.39, 0.29) is 0 Å². The zero-order valence-electron chi connectivity index (χ0n) is 8.77. The van der Waals surface area contributed by atoms with Crippen molar-refractivity contribution < 1.29 is 0 Å². The summed E-state index contributed by atoms with van der Waals surface area (Å²) in [7, 11) is 0. The lowest BCUT2D eigenvalue weighted by Gasteiger charge is -2.13. The maximum absolute atomic E-state index is 4.00. The molecule has 0 saturated heterocycles. The Morgan fingerprint density at radius 1 is 1.08 bits per heavy atom. The fourth-order valence-electron chi connectivity index (χ4n) is 1.06. The van der Waals surface area contributed by atoms with Crippen molar-refractivity contribution in [2.24, 2.45) is 11.7 Å². The molecule has 0 aromatic heterocycles. The average molecular weight is 175 g/mol. The number of unbranched alkanes of at least 4 members (excludes halogenated alkanes) is 1. The molecule has 3 heteroatoms. The largest absolute Gasteiger partial charge is 0.314 e. The van der Waals surface area contributed by atoms with Gasteiger partial charge in [-0.25, -0.2) is 0 Å². The average Bonchev–Trinajstić information content (AvgIpc) is 2.16. The van der Waals surface area contributed by atoms with Gasteiger partial charge in [0.05, 0.1) is 0 Å². The predicted molar refractivity (Wildman–Crippen MR) is 55.7 cm³/mol. The fraction of sp³-hybridized carbons (Fsp3) is 1.00. The van der Waals surface area contributed by atoms with E-state index in [0.717, 1.165) is 6.04 Å². The molecule has 0 spiro atoms. The summed E-state index contributed by atoms with van der Waals surface area (Å²) in [6, 6.07) is 0.756. The van der Waals surface area contributed by atoms with Crippen LogP contribution < -0.4 is 17.0 Å². The van der Waals surface area contributed by atoms with Crippen LogP contribution in [0.4, 0.5) is 0 Å². The third-order valence-electron chi connectivity index (χ3n) is 1.95. The van der Waals surface area contributed by atoms with Gasteiger partial charge in [0.15, 0.2) is 0 Å². The van der Waals surface area contributed by atoms with E-state index in [9.17, 15) is 0 Å². The Hall–Kier alpha value is -0.120. The van der Waals surface area contributed by atoms with Crippen LogP contribution in [-0.4, -0.2) is 12.6 Å². The molecular weight excluding hydrogens is 150 g/mol. The SMILES string of the molecule is CCCCNC(CC)CC.NN. The van der Waals surface area contributed by atoms with Crippen molar-refractivity contribution in [2.45, 2.75) is 52.5 Å². The van der Waals surface area contributed by atoms with Crippen LogP contribution in [-0.2, 0) is 0 Å². The lowest BCUT2D eigenvalue weighted by atomic mass is 10.1. The van der Waals surface area contributed by atoms with Crippen molar-refractivity contribution in [3.8, 4) is 0 Å². The van der Waals surface area contributed by atoms with Gasteiger partial charge in [-0.2, -0.15) is 0 Å². The first-order valence-electron chi connectivity index (χ1n) is 4.91. The Labute approximate surface area is 76.9 Å². The molecular formula is C9H25N3. The number of rotatable bonds is 6. The summed E-state index contributed by atoms with van der Waals surface area (Å²) in [5, 5.41) is 3.52. The van der Waals surface area contributed by atoms with Gasteiger partial charge >= 0.3 is 0 Å². The van der Waals surface area contributed by atoms with Gasteiger partial charge in [-0.05, 0) is 25.8 Å². The highest BCUT2D eigenvalue weighted by Crippen LogP contribution is 1.96. The van der Waals surface area contributed by atoms with E-state index in [2.05, 4.69) is 37.8 Å². The van der Waals surface area contributed by atoms with Crippen molar-refractivity contribution in [3.63, 3.8) is 0 Å². The molecule has 0 unspecified atom stereocenters. The topological polar surface area (TPSA) is 64.1 Å². The van der Waals surface area contributed by atoms with Crippen LogP contribution in [0, 0.1) is 0 Å². The summed E-state index contributed by atoms with van der Waals surface area (Å²) in [6.07, 6.45) is 5.14. The first-order chi connectivity index (χ1) is 5.85. The number of hydrogen-bond donors (Lipinski definition) is 3. The molecule has 0 radical (unpaired) electrons. The summed E-state index contributed by atoms with van der Waals surface area (Å²) < 4.78 is 0. The van der Waals surface area contributed by atoms with Gasteiger partial charge in [0.1, 0.15) is 0 Å². The highest BCUT2D eigenvalue weighted by atomic mass is 15.0. The van der Waals surface area contributed by atoms with E-state index in [4.69, 9.17) is 0 Å². The second kappa shape index (κ2) is 13.5. The molecule has 76 valence electrons. The molecule has 0 aliphatic carbocycles. The van der Waals surface area contributed by atoms with Crippen LogP contribution in [0.25, 0.3) is 0 Å². The van der Waals surface area contributed by atoms with E-state index < -0.39 is 0 Å². The lowest BCUT2D eigenvalue weighted by molar-refractivity contribution is 0.477. The second-order valence-electron chi connectivity index (χ2n) is 2.82. The molecule has 0 fully saturated rings. The molecule has 0 amide bonds. The van der Waals surface area contributed by atoms with Gasteiger partial charge in [-0.3, -0.25) is 11.7 Å². The number of hydrazine groups is 1. The molecule has 0 atom stereocenters. The molecule has 0 aliphatic heterocycles. The molecule has 0 rings (SSSR count). The van der Waals surface area contributed by atoms with Crippen LogP contribution in [0.3, 0.4) is 0 Å². The summed E-state index contributed by atoms with van der Waals surface area (Å²) in [6.45, 7) is 7.91. The Balaban J connectivity index is 0. The molecule has 0 heterocycles. The van der Waals surface area contributed by atoms with Crippen molar-refractivity contribution >= 4 is 0 Å². The minimum absolute atomic E-state index is 0.756. The quantitative estimate of drug-likeness (QED) is 0.325. The molecule has 0 aromatic carbocycles. The molecule has 0 saturated carbocycles. The minimum atomic E-state index is 0.756. The Kier molecular flexibility index (Phi) is 16.2. The van der Waals surface area contributed by atoms with Gasteiger partial charge in [0.25, 0.3) is 0 Å². The Morgan fingerprint density at radius 2 is 1.58 bits per heavy atom. The Bertz CT molecular complexity index is 62.8. The zero-order valence-corrected chi connectivity index (χ0v) is 8.77. The van der Waals surface area contributed by atoms with Crippen LogP contribution in [0.2, 0.25) is 0 Å². The predicted octanol–water partition coefficient (Wildman–Crippen LogP) is 1.38. The third kappa shape index (κ3) is 9.88. The highest BCUT2D eigenvalue weighted by molar-refractivity contribution is 4.61. The fourth-order valence-corrected chi connectivity index (χ4v) is 1.06. The lowest BCUT2D eigenvalue weighted by Crippen LogP contribution is -2.28. The third-order valence-corrected chi connectivity index (χ3v) is 1.95. The van der Waals surface area contributed by atoms with E-state index in [0.29, 0.717) is 0 Å². The standard InChI is InChI=1S/C9H21N.H4N2/c1-4-7-8-10-9(5-2)6-3;1-2/h9-10H,4-8H2,1-3H3;1-2H2. The smallest absolute Gasteiger partial charge is 0.00618 e. The summed E-state index contributed by atoms with van der Waals surface area (Å²) in [4.78, 5) is 0. The van der Waals surface area contributed by atoms with Crippen molar-refractivity contribution in [3.05, 3.63) is 0 Å². The minimum Gasteiger partial charge on any atom is -0.314 e. The van der Waals surface area contributed by atoms with Gasteiger partial charge in [-0.1, -0.05) is 27.2 Å². The highest BCUT2D eigenvalue weighted by Gasteiger charge is 1.98. The molecule has 0 aromatic rings. The summed E-state index contributed by atoms with van der Waals surface area (Å²) in [5.74, 6) is 8.00. The van der Waals surface area contributed by atoms with Crippen LogP contribution in [0.1, 0.15) is 46.5 Å². The van der Waals surface area contributed by atoms with Gasteiger partial charge in [-0.15, -0.1) is 0 Å². The summed E-state index contributed by atoms with van der Waals surface area (Å²) in [5.41, 5.74) is 0. The molecule has 0 bridgehead atoms. The number of hydrogen-bond acceptors (Lipinski definition) is 3.